The highest BCUT2D eigenvalue weighted by Gasteiger charge is 2.00. The number of rotatable bonds is 5. The van der Waals surface area contributed by atoms with Crippen molar-refractivity contribution in [3.63, 3.8) is 0 Å². The van der Waals surface area contributed by atoms with Crippen molar-refractivity contribution in [1.29, 1.82) is 0 Å². The van der Waals surface area contributed by atoms with Gasteiger partial charge in [0, 0.05) is 24.3 Å². The summed E-state index contributed by atoms with van der Waals surface area (Å²) in [6, 6.07) is 4.38. The second-order valence-corrected chi connectivity index (χ2v) is 5.67. The maximum absolute atomic E-state index is 9.08. The summed E-state index contributed by atoms with van der Waals surface area (Å²) < 4.78 is 29.5. The van der Waals surface area contributed by atoms with Gasteiger partial charge in [0.25, 0.3) is 0 Å². The molecule has 0 saturated heterocycles. The Balaban J connectivity index is 0.000000494. The molecule has 104 valence electrons. The second-order valence-electron chi connectivity index (χ2n) is 4.26. The van der Waals surface area contributed by atoms with E-state index in [1.807, 2.05) is 0 Å². The van der Waals surface area contributed by atoms with Crippen LogP contribution in [0.25, 0.3) is 0 Å². The van der Waals surface area contributed by atoms with Gasteiger partial charge in [-0.15, -0.1) is 0 Å². The second kappa shape index (κ2) is 9.05. The van der Waals surface area contributed by atoms with E-state index in [4.69, 9.17) is 13.0 Å². The highest BCUT2D eigenvalue weighted by atomic mass is 32.2. The van der Waals surface area contributed by atoms with E-state index in [9.17, 15) is 0 Å². The summed E-state index contributed by atoms with van der Waals surface area (Å²) in [5.41, 5.74) is 1.47. The molecule has 5 heteroatoms. The van der Waals surface area contributed by atoms with Crippen LogP contribution in [0.15, 0.2) is 24.5 Å². The molecule has 4 nitrogen and oxygen atoms in total. The molecule has 0 fully saturated rings. The van der Waals surface area contributed by atoms with Crippen LogP contribution in [0.1, 0.15) is 38.7 Å². The highest BCUT2D eigenvalue weighted by Crippen LogP contribution is 2.01. The Morgan fingerprint density at radius 1 is 1.28 bits per heavy atom. The predicted octanol–water partition coefficient (Wildman–Crippen LogP) is 1.89. The maximum Gasteiger partial charge on any atom is 0.171 e. The lowest BCUT2D eigenvalue weighted by Gasteiger charge is -1.98. The number of unbranched alkanes of at least 4 members (excludes halogenated alkanes) is 1. The van der Waals surface area contributed by atoms with Gasteiger partial charge in [-0.2, -0.15) is 0 Å². The fourth-order valence-electron chi connectivity index (χ4n) is 1.50. The molecular weight excluding hydrogens is 250 g/mol. The zero-order valence-corrected chi connectivity index (χ0v) is 12.2. The first-order valence-electron chi connectivity index (χ1n) is 6.25. The van der Waals surface area contributed by atoms with Gasteiger partial charge in [0.1, 0.15) is 6.54 Å². The number of hydrogen-bond donors (Lipinski definition) is 0. The number of pyridine rings is 1. The van der Waals surface area contributed by atoms with Crippen molar-refractivity contribution >= 4 is 10.1 Å². The third-order valence-electron chi connectivity index (χ3n) is 2.22. The van der Waals surface area contributed by atoms with Crippen LogP contribution < -0.4 is 4.57 Å². The predicted molar refractivity (Wildman–Crippen MR) is 71.2 cm³/mol. The van der Waals surface area contributed by atoms with Crippen molar-refractivity contribution in [2.45, 2.75) is 46.1 Å². The molecule has 0 aliphatic carbocycles. The van der Waals surface area contributed by atoms with Crippen molar-refractivity contribution < 1.29 is 17.5 Å². The number of aromatic nitrogens is 1. The summed E-state index contributed by atoms with van der Waals surface area (Å²) in [6.07, 6.45) is 10.0. The SMILES string of the molecule is CCCCc1ccc[n+](CCC)c1.CS(=O)(=O)[O-]. The van der Waals surface area contributed by atoms with Gasteiger partial charge in [0.15, 0.2) is 12.4 Å². The van der Waals surface area contributed by atoms with Gasteiger partial charge in [-0.1, -0.05) is 20.3 Å². The summed E-state index contributed by atoms with van der Waals surface area (Å²) in [5.74, 6) is 0. The molecule has 1 aromatic rings. The number of aryl methyl sites for hydroxylation is 2. The lowest BCUT2D eigenvalue weighted by atomic mass is 10.1. The molecular formula is C13H23NO3S. The largest absolute Gasteiger partial charge is 0.748 e. The van der Waals surface area contributed by atoms with Crippen molar-refractivity contribution in [2.24, 2.45) is 0 Å². The third-order valence-corrected chi connectivity index (χ3v) is 2.22. The van der Waals surface area contributed by atoms with Gasteiger partial charge >= 0.3 is 0 Å². The molecule has 0 aliphatic heterocycles. The Bertz CT molecular complexity index is 422. The summed E-state index contributed by atoms with van der Waals surface area (Å²) in [6.45, 7) is 5.59. The van der Waals surface area contributed by atoms with Crippen LogP contribution in [0.4, 0.5) is 0 Å². The smallest absolute Gasteiger partial charge is 0.171 e. The molecule has 0 amide bonds. The first-order chi connectivity index (χ1) is 8.36. The van der Waals surface area contributed by atoms with Crippen molar-refractivity contribution in [3.8, 4) is 0 Å². The zero-order valence-electron chi connectivity index (χ0n) is 11.4. The minimum atomic E-state index is -3.92. The van der Waals surface area contributed by atoms with Crippen LogP contribution in [0.2, 0.25) is 0 Å². The van der Waals surface area contributed by atoms with Crippen molar-refractivity contribution in [3.05, 3.63) is 30.1 Å². The lowest BCUT2D eigenvalue weighted by Crippen LogP contribution is -2.32. The van der Waals surface area contributed by atoms with Gasteiger partial charge in [-0.3, -0.25) is 0 Å². The molecule has 0 N–H and O–H groups in total. The van der Waals surface area contributed by atoms with Crippen molar-refractivity contribution in [1.82, 2.24) is 0 Å². The molecule has 1 rings (SSSR count). The van der Waals surface area contributed by atoms with Crippen LogP contribution in [-0.2, 0) is 23.1 Å². The minimum absolute atomic E-state index is 0.604. The van der Waals surface area contributed by atoms with Gasteiger partial charge in [0.05, 0.1) is 10.1 Å². The van der Waals surface area contributed by atoms with Crippen LogP contribution in [0, 0.1) is 0 Å². The summed E-state index contributed by atoms with van der Waals surface area (Å²) >= 11 is 0. The lowest BCUT2D eigenvalue weighted by molar-refractivity contribution is -0.697. The molecule has 0 bridgehead atoms. The third kappa shape index (κ3) is 11.5. The summed E-state index contributed by atoms with van der Waals surface area (Å²) in [5, 5.41) is 0. The average molecular weight is 273 g/mol. The van der Waals surface area contributed by atoms with E-state index < -0.39 is 10.1 Å². The van der Waals surface area contributed by atoms with E-state index in [-0.39, 0.29) is 0 Å². The first kappa shape index (κ1) is 17.1. The molecule has 0 aliphatic rings. The van der Waals surface area contributed by atoms with Crippen LogP contribution in [0.5, 0.6) is 0 Å². The fourth-order valence-corrected chi connectivity index (χ4v) is 1.50. The van der Waals surface area contributed by atoms with E-state index >= 15 is 0 Å². The molecule has 1 aromatic heterocycles. The topological polar surface area (TPSA) is 61.1 Å². The summed E-state index contributed by atoms with van der Waals surface area (Å²) in [7, 11) is -3.92. The molecule has 0 radical (unpaired) electrons. The quantitative estimate of drug-likeness (QED) is 0.608. The van der Waals surface area contributed by atoms with Gasteiger partial charge in [-0.05, 0) is 18.9 Å². The Kier molecular flexibility index (Phi) is 8.58. The molecule has 0 spiro atoms. The van der Waals surface area contributed by atoms with E-state index in [0.29, 0.717) is 6.26 Å². The van der Waals surface area contributed by atoms with E-state index in [1.54, 1.807) is 0 Å². The zero-order chi connectivity index (χ0) is 14.0. The van der Waals surface area contributed by atoms with E-state index in [1.165, 1.54) is 31.2 Å². The van der Waals surface area contributed by atoms with Gasteiger partial charge in [-0.25, -0.2) is 13.0 Å². The Morgan fingerprint density at radius 2 is 1.89 bits per heavy atom. The van der Waals surface area contributed by atoms with Crippen LogP contribution in [0.3, 0.4) is 0 Å². The van der Waals surface area contributed by atoms with Gasteiger partial charge in [0.2, 0.25) is 0 Å². The highest BCUT2D eigenvalue weighted by molar-refractivity contribution is 7.84. The Morgan fingerprint density at radius 3 is 2.39 bits per heavy atom. The monoisotopic (exact) mass is 273 g/mol. The number of nitrogens with zero attached hydrogens (tertiary/aromatic N) is 1. The molecule has 0 aromatic carbocycles. The van der Waals surface area contributed by atoms with Gasteiger partial charge < -0.3 is 4.55 Å². The minimum Gasteiger partial charge on any atom is -0.748 e. The molecule has 0 unspecified atom stereocenters. The Hall–Kier alpha value is -0.940. The first-order valence-corrected chi connectivity index (χ1v) is 8.07. The Labute approximate surface area is 110 Å². The molecule has 0 atom stereocenters. The van der Waals surface area contributed by atoms with Crippen LogP contribution in [-0.4, -0.2) is 19.2 Å². The maximum atomic E-state index is 9.08. The van der Waals surface area contributed by atoms with E-state index in [0.717, 1.165) is 6.54 Å². The average Bonchev–Trinajstić information content (AvgIpc) is 2.25. The fraction of sp³-hybridized carbons (Fsp3) is 0.615. The molecule has 0 saturated carbocycles. The molecule has 18 heavy (non-hydrogen) atoms. The van der Waals surface area contributed by atoms with E-state index in [2.05, 4.69) is 42.9 Å². The summed E-state index contributed by atoms with van der Waals surface area (Å²) in [4.78, 5) is 0. The molecule has 1 heterocycles. The number of hydrogen-bond acceptors (Lipinski definition) is 3. The van der Waals surface area contributed by atoms with Crippen molar-refractivity contribution in [2.75, 3.05) is 6.26 Å². The normalized spacial score (nSPS) is 10.7. The van der Waals surface area contributed by atoms with Crippen LogP contribution >= 0.6 is 0 Å². The standard InChI is InChI=1S/C12H20N.CH4O3S/c1-3-5-7-12-8-6-10-13(11-12)9-4-2;1-5(2,3)4/h6,8,10-11H,3-5,7,9H2,1-2H3;1H3,(H,2,3,4)/q+1;/p-1.